The van der Waals surface area contributed by atoms with E-state index in [1.165, 1.54) is 0 Å². The fourth-order valence-electron chi connectivity index (χ4n) is 3.33. The van der Waals surface area contributed by atoms with Crippen molar-refractivity contribution in [3.05, 3.63) is 54.4 Å². The molecule has 1 atom stereocenters. The van der Waals surface area contributed by atoms with Crippen LogP contribution in [0.1, 0.15) is 37.8 Å². The molecule has 0 aliphatic rings. The molecule has 4 heteroatoms. The highest BCUT2D eigenvalue weighted by Crippen LogP contribution is 2.34. The Morgan fingerprint density at radius 3 is 2.96 bits per heavy atom. The number of benzene rings is 1. The maximum atomic E-state index is 6.47. The van der Waals surface area contributed by atoms with Crippen LogP contribution in [0.3, 0.4) is 0 Å². The molecule has 0 fully saturated rings. The third-order valence-corrected chi connectivity index (χ3v) is 4.60. The summed E-state index contributed by atoms with van der Waals surface area (Å²) in [5.41, 5.74) is 10.7. The minimum Gasteiger partial charge on any atom is -0.464 e. The van der Waals surface area contributed by atoms with Gasteiger partial charge in [0.2, 0.25) is 0 Å². The molecule has 1 unspecified atom stereocenters. The highest BCUT2D eigenvalue weighted by Gasteiger charge is 2.15. The van der Waals surface area contributed by atoms with Gasteiger partial charge in [0.25, 0.3) is 0 Å². The minimum atomic E-state index is 0.0294. The SMILES string of the molecule is CCCCC(N)c1ccnc2[nH]c3ccc(-c4ccco4)cc3c12. The van der Waals surface area contributed by atoms with Crippen molar-refractivity contribution in [1.82, 2.24) is 9.97 Å². The Morgan fingerprint density at radius 1 is 1.25 bits per heavy atom. The van der Waals surface area contributed by atoms with Gasteiger partial charge in [0.1, 0.15) is 11.4 Å². The molecule has 0 radical (unpaired) electrons. The Morgan fingerprint density at radius 2 is 2.17 bits per heavy atom. The normalized spacial score (nSPS) is 12.9. The number of aromatic nitrogens is 2. The number of nitrogens with zero attached hydrogens (tertiary/aromatic N) is 1. The van der Waals surface area contributed by atoms with Crippen LogP contribution >= 0.6 is 0 Å². The summed E-state index contributed by atoms with van der Waals surface area (Å²) in [6.45, 7) is 2.19. The fourth-order valence-corrected chi connectivity index (χ4v) is 3.33. The Bertz CT molecular complexity index is 969. The Labute approximate surface area is 140 Å². The van der Waals surface area contributed by atoms with Gasteiger partial charge < -0.3 is 15.1 Å². The van der Waals surface area contributed by atoms with Crippen LogP contribution in [0, 0.1) is 0 Å². The van der Waals surface area contributed by atoms with Gasteiger partial charge in [-0.1, -0.05) is 19.8 Å². The molecule has 3 N–H and O–H groups in total. The van der Waals surface area contributed by atoms with E-state index in [2.05, 4.69) is 41.2 Å². The molecule has 1 aromatic carbocycles. The van der Waals surface area contributed by atoms with Crippen molar-refractivity contribution in [2.24, 2.45) is 5.73 Å². The van der Waals surface area contributed by atoms with Crippen molar-refractivity contribution in [2.75, 3.05) is 0 Å². The van der Waals surface area contributed by atoms with E-state index in [4.69, 9.17) is 10.2 Å². The molecule has 0 aliphatic heterocycles. The lowest BCUT2D eigenvalue weighted by Crippen LogP contribution is -2.10. The van der Waals surface area contributed by atoms with Gasteiger partial charge in [-0.3, -0.25) is 0 Å². The molecule has 0 amide bonds. The second-order valence-corrected chi connectivity index (χ2v) is 6.24. The first-order valence-corrected chi connectivity index (χ1v) is 8.47. The van der Waals surface area contributed by atoms with Crippen molar-refractivity contribution in [3.63, 3.8) is 0 Å². The predicted octanol–water partition coefficient (Wildman–Crippen LogP) is 5.17. The van der Waals surface area contributed by atoms with Gasteiger partial charge >= 0.3 is 0 Å². The molecule has 0 saturated heterocycles. The Hall–Kier alpha value is -2.59. The molecule has 0 saturated carbocycles. The molecular formula is C20H21N3O. The summed E-state index contributed by atoms with van der Waals surface area (Å²) in [4.78, 5) is 7.90. The highest BCUT2D eigenvalue weighted by atomic mass is 16.3. The van der Waals surface area contributed by atoms with Crippen LogP contribution in [0.2, 0.25) is 0 Å². The quantitative estimate of drug-likeness (QED) is 0.533. The third kappa shape index (κ3) is 2.49. The molecule has 0 bridgehead atoms. The maximum absolute atomic E-state index is 6.47. The molecule has 24 heavy (non-hydrogen) atoms. The van der Waals surface area contributed by atoms with Gasteiger partial charge in [0.15, 0.2) is 0 Å². The number of pyridine rings is 1. The van der Waals surface area contributed by atoms with Gasteiger partial charge in [-0.05, 0) is 48.4 Å². The minimum absolute atomic E-state index is 0.0294. The van der Waals surface area contributed by atoms with E-state index in [1.54, 1.807) is 6.26 Å². The van der Waals surface area contributed by atoms with Crippen LogP contribution in [-0.4, -0.2) is 9.97 Å². The number of hydrogen-bond acceptors (Lipinski definition) is 3. The smallest absolute Gasteiger partial charge is 0.138 e. The second-order valence-electron chi connectivity index (χ2n) is 6.24. The van der Waals surface area contributed by atoms with Gasteiger partial charge in [0.05, 0.1) is 6.26 Å². The average molecular weight is 319 g/mol. The molecular weight excluding hydrogens is 298 g/mol. The van der Waals surface area contributed by atoms with Gasteiger partial charge in [-0.25, -0.2) is 4.98 Å². The highest BCUT2D eigenvalue weighted by molar-refractivity contribution is 6.08. The largest absolute Gasteiger partial charge is 0.464 e. The Kier molecular flexibility index (Phi) is 3.82. The summed E-state index contributed by atoms with van der Waals surface area (Å²) < 4.78 is 5.54. The van der Waals surface area contributed by atoms with Crippen molar-refractivity contribution in [3.8, 4) is 11.3 Å². The second kappa shape index (κ2) is 6.13. The van der Waals surface area contributed by atoms with Crippen molar-refractivity contribution in [1.29, 1.82) is 0 Å². The number of fused-ring (bicyclic) bond motifs is 3. The van der Waals surface area contributed by atoms with Crippen LogP contribution in [0.5, 0.6) is 0 Å². The van der Waals surface area contributed by atoms with Crippen LogP contribution < -0.4 is 5.73 Å². The number of furan rings is 1. The number of nitrogens with two attached hydrogens (primary N) is 1. The summed E-state index contributed by atoms with van der Waals surface area (Å²) in [7, 11) is 0. The predicted molar refractivity (Wildman–Crippen MR) is 97.8 cm³/mol. The zero-order valence-corrected chi connectivity index (χ0v) is 13.8. The van der Waals surface area contributed by atoms with Gasteiger partial charge in [0, 0.05) is 34.1 Å². The van der Waals surface area contributed by atoms with E-state index in [0.29, 0.717) is 0 Å². The number of rotatable bonds is 5. The summed E-state index contributed by atoms with van der Waals surface area (Å²) >= 11 is 0. The van der Waals surface area contributed by atoms with E-state index in [1.807, 2.05) is 18.3 Å². The van der Waals surface area contributed by atoms with E-state index in [9.17, 15) is 0 Å². The molecule has 3 heterocycles. The molecule has 4 aromatic rings. The maximum Gasteiger partial charge on any atom is 0.138 e. The number of hydrogen-bond donors (Lipinski definition) is 2. The molecule has 3 aromatic heterocycles. The average Bonchev–Trinajstić information content (AvgIpc) is 3.26. The van der Waals surface area contributed by atoms with Crippen molar-refractivity contribution < 1.29 is 4.42 Å². The molecule has 4 nitrogen and oxygen atoms in total. The first-order chi connectivity index (χ1) is 11.8. The zero-order valence-electron chi connectivity index (χ0n) is 13.8. The van der Waals surface area contributed by atoms with E-state index in [0.717, 1.165) is 58.1 Å². The van der Waals surface area contributed by atoms with E-state index in [-0.39, 0.29) is 6.04 Å². The summed E-state index contributed by atoms with van der Waals surface area (Å²) in [6, 6.07) is 12.3. The van der Waals surface area contributed by atoms with Crippen LogP contribution in [-0.2, 0) is 0 Å². The van der Waals surface area contributed by atoms with Gasteiger partial charge in [-0.15, -0.1) is 0 Å². The van der Waals surface area contributed by atoms with Crippen LogP contribution in [0.25, 0.3) is 33.3 Å². The summed E-state index contributed by atoms with van der Waals surface area (Å²) in [5, 5.41) is 2.28. The summed E-state index contributed by atoms with van der Waals surface area (Å²) in [5.74, 6) is 0.868. The number of nitrogens with one attached hydrogen (secondary N) is 1. The van der Waals surface area contributed by atoms with Crippen LogP contribution in [0.15, 0.2) is 53.3 Å². The number of unbranched alkanes of at least 4 members (excludes halogenated alkanes) is 1. The molecule has 4 rings (SSSR count). The lowest BCUT2D eigenvalue weighted by Gasteiger charge is -2.12. The number of H-pyrrole nitrogens is 1. The van der Waals surface area contributed by atoms with E-state index < -0.39 is 0 Å². The lowest BCUT2D eigenvalue weighted by molar-refractivity contribution is 0.582. The van der Waals surface area contributed by atoms with Crippen molar-refractivity contribution in [2.45, 2.75) is 32.2 Å². The first-order valence-electron chi connectivity index (χ1n) is 8.47. The molecule has 0 aliphatic carbocycles. The summed E-state index contributed by atoms with van der Waals surface area (Å²) in [6.07, 6.45) is 6.80. The molecule has 122 valence electrons. The Balaban J connectivity index is 1.91. The third-order valence-electron chi connectivity index (χ3n) is 4.60. The zero-order chi connectivity index (χ0) is 16.5. The standard InChI is InChI=1S/C20H21N3O/c1-2-3-5-16(21)14-9-10-22-20-19(14)15-12-13(7-8-17(15)23-20)18-6-4-11-24-18/h4,6-12,16H,2-3,5,21H2,1H3,(H,22,23). The van der Waals surface area contributed by atoms with Gasteiger partial charge in [-0.2, -0.15) is 0 Å². The van der Waals surface area contributed by atoms with E-state index >= 15 is 0 Å². The monoisotopic (exact) mass is 319 g/mol. The molecule has 0 spiro atoms. The van der Waals surface area contributed by atoms with Crippen LogP contribution in [0.4, 0.5) is 0 Å². The van der Waals surface area contributed by atoms with Crippen molar-refractivity contribution >= 4 is 21.9 Å². The number of aromatic amines is 1. The lowest BCUT2D eigenvalue weighted by atomic mass is 9.98. The topological polar surface area (TPSA) is 67.8 Å². The first kappa shape index (κ1) is 15.0. The fraction of sp³-hybridized carbons (Fsp3) is 0.250.